The molecule has 2 aliphatic rings. The molecule has 1 aromatic heterocycles. The van der Waals surface area contributed by atoms with E-state index in [0.717, 1.165) is 21.0 Å². The summed E-state index contributed by atoms with van der Waals surface area (Å²) in [7, 11) is 0. The van der Waals surface area contributed by atoms with E-state index in [4.69, 9.17) is 0 Å². The Morgan fingerprint density at radius 1 is 1.18 bits per heavy atom. The van der Waals surface area contributed by atoms with E-state index < -0.39 is 0 Å². The van der Waals surface area contributed by atoms with Gasteiger partial charge in [0.25, 0.3) is 5.71 Å². The SMILES string of the molecule is O[N+]1=C2CCC(F)=CC2=NCc2cc(-c3ccccc3)sc21. The smallest absolute Gasteiger partial charge is 0.283 e. The van der Waals surface area contributed by atoms with Crippen LogP contribution in [-0.4, -0.2) is 21.4 Å². The molecule has 1 aliphatic carbocycles. The lowest BCUT2D eigenvalue weighted by atomic mass is 10.0. The molecule has 22 heavy (non-hydrogen) atoms. The van der Waals surface area contributed by atoms with Crippen molar-refractivity contribution in [3.8, 4) is 10.4 Å². The highest BCUT2D eigenvalue weighted by molar-refractivity contribution is 7.18. The van der Waals surface area contributed by atoms with Gasteiger partial charge in [0.1, 0.15) is 11.5 Å². The van der Waals surface area contributed by atoms with Crippen LogP contribution in [0.4, 0.5) is 9.39 Å². The van der Waals surface area contributed by atoms with E-state index in [1.165, 1.54) is 22.2 Å². The summed E-state index contributed by atoms with van der Waals surface area (Å²) in [6.07, 6.45) is 2.21. The van der Waals surface area contributed by atoms with Crippen molar-refractivity contribution in [2.45, 2.75) is 19.4 Å². The Hall–Kier alpha value is -2.27. The van der Waals surface area contributed by atoms with Crippen LogP contribution in [0, 0.1) is 0 Å². The zero-order chi connectivity index (χ0) is 15.1. The molecule has 1 N–H and O–H groups in total. The van der Waals surface area contributed by atoms with Crippen molar-refractivity contribution < 1.29 is 14.3 Å². The third-order valence-electron chi connectivity index (χ3n) is 3.90. The van der Waals surface area contributed by atoms with E-state index in [1.807, 2.05) is 30.3 Å². The topological polar surface area (TPSA) is 35.6 Å². The summed E-state index contributed by atoms with van der Waals surface area (Å²) in [6.45, 7) is 0.457. The number of allylic oxidation sites excluding steroid dienone is 2. The number of hydrogen-bond acceptors (Lipinski definition) is 3. The number of benzene rings is 1. The minimum atomic E-state index is -0.175. The van der Waals surface area contributed by atoms with E-state index in [1.54, 1.807) is 0 Å². The van der Waals surface area contributed by atoms with Gasteiger partial charge < -0.3 is 0 Å². The zero-order valence-corrected chi connectivity index (χ0v) is 12.6. The van der Waals surface area contributed by atoms with Crippen LogP contribution in [0.3, 0.4) is 0 Å². The molecule has 3 nitrogen and oxygen atoms in total. The molecular formula is C17H14FN2OS+. The Balaban J connectivity index is 1.82. The first kappa shape index (κ1) is 13.4. The first-order valence-corrected chi connectivity index (χ1v) is 7.98. The van der Waals surface area contributed by atoms with Crippen LogP contribution in [0.15, 0.2) is 53.3 Å². The largest absolute Gasteiger partial charge is 0.317 e. The van der Waals surface area contributed by atoms with Crippen molar-refractivity contribution in [2.24, 2.45) is 4.99 Å². The molecule has 110 valence electrons. The van der Waals surface area contributed by atoms with Crippen molar-refractivity contribution >= 4 is 27.8 Å². The van der Waals surface area contributed by atoms with Crippen LogP contribution in [0.5, 0.6) is 0 Å². The fraction of sp³-hybridized carbons (Fsp3) is 0.176. The first-order valence-electron chi connectivity index (χ1n) is 7.16. The van der Waals surface area contributed by atoms with Crippen molar-refractivity contribution in [1.82, 2.24) is 0 Å². The maximum absolute atomic E-state index is 13.4. The lowest BCUT2D eigenvalue weighted by Gasteiger charge is -2.06. The second-order valence-electron chi connectivity index (χ2n) is 5.36. The second kappa shape index (κ2) is 5.18. The fourth-order valence-corrected chi connectivity index (χ4v) is 3.88. The number of halogens is 1. The summed E-state index contributed by atoms with van der Waals surface area (Å²) < 4.78 is 14.6. The van der Waals surface area contributed by atoms with E-state index in [9.17, 15) is 9.60 Å². The van der Waals surface area contributed by atoms with Crippen LogP contribution in [0.2, 0.25) is 0 Å². The quantitative estimate of drug-likeness (QED) is 0.611. The van der Waals surface area contributed by atoms with Gasteiger partial charge in [-0.1, -0.05) is 41.7 Å². The van der Waals surface area contributed by atoms with Crippen molar-refractivity contribution in [3.63, 3.8) is 0 Å². The van der Waals surface area contributed by atoms with Gasteiger partial charge in [-0.3, -0.25) is 10.2 Å². The number of thiophene rings is 1. The van der Waals surface area contributed by atoms with Crippen molar-refractivity contribution in [1.29, 1.82) is 0 Å². The van der Waals surface area contributed by atoms with Gasteiger partial charge in [-0.05, 0) is 11.6 Å². The molecule has 0 atom stereocenters. The van der Waals surface area contributed by atoms with E-state index in [0.29, 0.717) is 30.8 Å². The van der Waals surface area contributed by atoms with Gasteiger partial charge in [0, 0.05) is 28.5 Å². The molecule has 2 aromatic rings. The van der Waals surface area contributed by atoms with Gasteiger partial charge in [-0.25, -0.2) is 4.39 Å². The van der Waals surface area contributed by atoms with Gasteiger partial charge in [-0.2, -0.15) is 0 Å². The highest BCUT2D eigenvalue weighted by atomic mass is 32.1. The number of aliphatic imine (C=N–C) groups is 1. The number of hydrogen-bond donors (Lipinski definition) is 1. The van der Waals surface area contributed by atoms with Crippen molar-refractivity contribution in [3.05, 3.63) is 53.9 Å². The number of nitrogens with zero attached hydrogens (tertiary/aromatic N) is 2. The Kier molecular flexibility index (Phi) is 3.15. The highest BCUT2D eigenvalue weighted by Crippen LogP contribution is 2.38. The summed E-state index contributed by atoms with van der Waals surface area (Å²) in [4.78, 5) is 5.56. The normalized spacial score (nSPS) is 17.3. The standard InChI is InChI=1S/C17H14FN2OS/c18-13-6-7-15-14(9-13)19-10-12-8-16(22-17(12)20(15)21)11-4-2-1-3-5-11/h1-5,8-9,21H,6-7,10H2/q+1. The Labute approximate surface area is 131 Å². The van der Waals surface area contributed by atoms with Crippen molar-refractivity contribution in [2.75, 3.05) is 0 Å². The zero-order valence-electron chi connectivity index (χ0n) is 11.8. The minimum Gasteiger partial charge on any atom is -0.283 e. The first-order chi connectivity index (χ1) is 10.7. The predicted octanol–water partition coefficient (Wildman–Crippen LogP) is 4.49. The minimum absolute atomic E-state index is 0.175. The molecule has 0 radical (unpaired) electrons. The van der Waals surface area contributed by atoms with Gasteiger partial charge in [-0.15, -0.1) is 0 Å². The molecular weight excluding hydrogens is 299 g/mol. The van der Waals surface area contributed by atoms with Gasteiger partial charge in [0.15, 0.2) is 0 Å². The number of fused-ring (bicyclic) bond motifs is 2. The second-order valence-corrected chi connectivity index (χ2v) is 6.39. The van der Waals surface area contributed by atoms with E-state index in [-0.39, 0.29) is 5.83 Å². The van der Waals surface area contributed by atoms with Crippen LogP contribution < -0.4 is 0 Å². The van der Waals surface area contributed by atoms with E-state index in [2.05, 4.69) is 11.1 Å². The third-order valence-corrected chi connectivity index (χ3v) is 5.10. The average molecular weight is 313 g/mol. The molecule has 0 unspecified atom stereocenters. The molecule has 0 saturated carbocycles. The molecule has 5 heteroatoms. The summed E-state index contributed by atoms with van der Waals surface area (Å²) in [6, 6.07) is 12.1. The maximum atomic E-state index is 13.4. The van der Waals surface area contributed by atoms with Gasteiger partial charge >= 0.3 is 5.00 Å². The summed E-state index contributed by atoms with van der Waals surface area (Å²) in [5.41, 5.74) is 3.32. The molecule has 2 heterocycles. The molecule has 4 rings (SSSR count). The Morgan fingerprint density at radius 3 is 2.82 bits per heavy atom. The van der Waals surface area contributed by atoms with Crippen LogP contribution >= 0.6 is 11.3 Å². The van der Waals surface area contributed by atoms with Crippen LogP contribution in [0.1, 0.15) is 18.4 Å². The highest BCUT2D eigenvalue weighted by Gasteiger charge is 2.32. The summed E-state index contributed by atoms with van der Waals surface area (Å²) in [5, 5.41) is 11.3. The van der Waals surface area contributed by atoms with Crippen LogP contribution in [-0.2, 0) is 6.54 Å². The average Bonchev–Trinajstić information content (AvgIpc) is 2.92. The van der Waals surface area contributed by atoms with Gasteiger partial charge in [0.2, 0.25) is 0 Å². The summed E-state index contributed by atoms with van der Waals surface area (Å²) >= 11 is 1.53. The number of rotatable bonds is 1. The molecule has 0 bridgehead atoms. The third kappa shape index (κ3) is 2.18. The molecule has 1 aromatic carbocycles. The maximum Gasteiger partial charge on any atom is 0.317 e. The Morgan fingerprint density at radius 2 is 2.00 bits per heavy atom. The van der Waals surface area contributed by atoms with Gasteiger partial charge in [0.05, 0.1) is 12.1 Å². The fourth-order valence-electron chi connectivity index (χ4n) is 2.77. The summed E-state index contributed by atoms with van der Waals surface area (Å²) in [5.74, 6) is -0.175. The molecule has 0 fully saturated rings. The molecule has 0 amide bonds. The molecule has 1 aliphatic heterocycles. The molecule has 0 saturated heterocycles. The molecule has 0 spiro atoms. The Bertz CT molecular complexity index is 834. The predicted molar refractivity (Wildman–Crippen MR) is 86.0 cm³/mol. The van der Waals surface area contributed by atoms with E-state index >= 15 is 0 Å². The lowest BCUT2D eigenvalue weighted by molar-refractivity contribution is -0.710. The lowest BCUT2D eigenvalue weighted by Crippen LogP contribution is -2.24. The van der Waals surface area contributed by atoms with Crippen LogP contribution in [0.25, 0.3) is 10.4 Å². The monoisotopic (exact) mass is 313 g/mol.